The van der Waals surface area contributed by atoms with Crippen LogP contribution >= 0.6 is 27.5 Å². The Balaban J connectivity index is 1.62. The highest BCUT2D eigenvalue weighted by Gasteiger charge is 2.14. The third-order valence-electron chi connectivity index (χ3n) is 4.68. The van der Waals surface area contributed by atoms with Gasteiger partial charge in [-0.25, -0.2) is 10.2 Å². The highest BCUT2D eigenvalue weighted by Crippen LogP contribution is 2.27. The van der Waals surface area contributed by atoms with E-state index in [9.17, 15) is 9.59 Å². The number of benzene rings is 4. The minimum Gasteiger partial charge on any atom is -0.422 e. The first kappa shape index (κ1) is 21.7. The number of hydrogen-bond donors (Lipinski definition) is 1. The van der Waals surface area contributed by atoms with Crippen LogP contribution < -0.4 is 10.2 Å². The van der Waals surface area contributed by atoms with Gasteiger partial charge in [0, 0.05) is 20.6 Å². The van der Waals surface area contributed by atoms with E-state index in [1.54, 1.807) is 54.6 Å². The van der Waals surface area contributed by atoms with Gasteiger partial charge in [0.05, 0.1) is 11.8 Å². The Labute approximate surface area is 197 Å². The van der Waals surface area contributed by atoms with Crippen molar-refractivity contribution >= 4 is 56.4 Å². The van der Waals surface area contributed by atoms with Crippen molar-refractivity contribution in [3.8, 4) is 5.75 Å². The number of halogens is 2. The average Bonchev–Trinajstić information content (AvgIpc) is 2.81. The zero-order valence-electron chi connectivity index (χ0n) is 16.6. The highest BCUT2D eigenvalue weighted by atomic mass is 79.9. The van der Waals surface area contributed by atoms with Crippen LogP contribution in [0, 0.1) is 0 Å². The fourth-order valence-electron chi connectivity index (χ4n) is 3.06. The lowest BCUT2D eigenvalue weighted by Crippen LogP contribution is -2.17. The van der Waals surface area contributed by atoms with Crippen LogP contribution in [0.3, 0.4) is 0 Å². The van der Waals surface area contributed by atoms with Gasteiger partial charge in [0.25, 0.3) is 5.91 Å². The molecule has 5 nitrogen and oxygen atoms in total. The number of nitrogens with one attached hydrogen (secondary N) is 1. The average molecular weight is 508 g/mol. The van der Waals surface area contributed by atoms with Crippen LogP contribution in [0.5, 0.6) is 5.75 Å². The minimum atomic E-state index is -0.523. The summed E-state index contributed by atoms with van der Waals surface area (Å²) in [5.41, 5.74) is 3.92. The summed E-state index contributed by atoms with van der Waals surface area (Å²) in [5, 5.41) is 6.40. The molecule has 0 aliphatic heterocycles. The van der Waals surface area contributed by atoms with E-state index in [1.807, 2.05) is 30.3 Å². The summed E-state index contributed by atoms with van der Waals surface area (Å²) >= 11 is 9.23. The molecule has 0 aromatic heterocycles. The summed E-state index contributed by atoms with van der Waals surface area (Å²) in [5.74, 6) is -0.551. The molecule has 0 atom stereocenters. The number of hydrogen-bond acceptors (Lipinski definition) is 4. The standard InChI is InChI=1S/C25H16BrClN2O3/c26-19-10-5-17(6-11-19)24(30)29-28-15-22-21-4-2-1-3-16(21)9-14-23(22)32-25(31)18-7-12-20(27)13-8-18/h1-15H,(H,29,30)/b28-15-. The predicted molar refractivity (Wildman–Crippen MR) is 130 cm³/mol. The number of carbonyl (C=O) groups is 2. The van der Waals surface area contributed by atoms with Crippen molar-refractivity contribution in [3.63, 3.8) is 0 Å². The number of ether oxygens (including phenoxy) is 1. The topological polar surface area (TPSA) is 67.8 Å². The normalized spacial score (nSPS) is 10.9. The molecule has 158 valence electrons. The number of hydrazone groups is 1. The molecule has 0 heterocycles. The maximum Gasteiger partial charge on any atom is 0.343 e. The summed E-state index contributed by atoms with van der Waals surface area (Å²) in [6, 6.07) is 24.6. The molecule has 0 aliphatic carbocycles. The molecule has 0 fully saturated rings. The van der Waals surface area contributed by atoms with Gasteiger partial charge < -0.3 is 4.74 Å². The zero-order valence-corrected chi connectivity index (χ0v) is 18.9. The first-order chi connectivity index (χ1) is 15.5. The molecule has 0 bridgehead atoms. The van der Waals surface area contributed by atoms with E-state index < -0.39 is 5.97 Å². The Morgan fingerprint density at radius 2 is 1.56 bits per heavy atom. The smallest absolute Gasteiger partial charge is 0.343 e. The molecule has 0 aliphatic rings. The van der Waals surface area contributed by atoms with E-state index in [4.69, 9.17) is 16.3 Å². The van der Waals surface area contributed by atoms with Gasteiger partial charge in [0.15, 0.2) is 0 Å². The quantitative estimate of drug-likeness (QED) is 0.150. The van der Waals surface area contributed by atoms with Crippen LogP contribution in [0.1, 0.15) is 26.3 Å². The molecule has 1 N–H and O–H groups in total. The molecule has 32 heavy (non-hydrogen) atoms. The van der Waals surface area contributed by atoms with Crippen LogP contribution in [0.15, 0.2) is 94.5 Å². The molecule has 0 unspecified atom stereocenters. The van der Waals surface area contributed by atoms with E-state index in [2.05, 4.69) is 26.5 Å². The monoisotopic (exact) mass is 506 g/mol. The molecule has 0 saturated carbocycles. The van der Waals surface area contributed by atoms with Crippen molar-refractivity contribution in [2.24, 2.45) is 5.10 Å². The second kappa shape index (κ2) is 9.77. The molecule has 0 spiro atoms. The molecule has 4 rings (SSSR count). The third-order valence-corrected chi connectivity index (χ3v) is 5.46. The van der Waals surface area contributed by atoms with E-state index >= 15 is 0 Å². The van der Waals surface area contributed by atoms with E-state index in [-0.39, 0.29) is 5.91 Å². The summed E-state index contributed by atoms with van der Waals surface area (Å²) < 4.78 is 6.52. The van der Waals surface area contributed by atoms with E-state index in [0.29, 0.717) is 27.5 Å². The largest absolute Gasteiger partial charge is 0.422 e. The maximum atomic E-state index is 12.6. The Kier molecular flexibility index (Phi) is 6.63. The first-order valence-corrected chi connectivity index (χ1v) is 10.8. The van der Waals surface area contributed by atoms with Crippen molar-refractivity contribution < 1.29 is 14.3 Å². The fraction of sp³-hybridized carbons (Fsp3) is 0. The summed E-state index contributed by atoms with van der Waals surface area (Å²) in [4.78, 5) is 25.0. The summed E-state index contributed by atoms with van der Waals surface area (Å²) in [7, 11) is 0. The van der Waals surface area contributed by atoms with Gasteiger partial charge in [-0.15, -0.1) is 0 Å². The van der Waals surface area contributed by atoms with E-state index in [1.165, 1.54) is 6.21 Å². The third kappa shape index (κ3) is 5.04. The van der Waals surface area contributed by atoms with Gasteiger partial charge in [-0.2, -0.15) is 5.10 Å². The number of rotatable bonds is 5. The molecule has 7 heteroatoms. The molecule has 1 amide bonds. The molecular weight excluding hydrogens is 492 g/mol. The summed E-state index contributed by atoms with van der Waals surface area (Å²) in [6.45, 7) is 0. The van der Waals surface area contributed by atoms with Gasteiger partial charge in [-0.3, -0.25) is 4.79 Å². The lowest BCUT2D eigenvalue weighted by Gasteiger charge is -2.10. The number of esters is 1. The fourth-order valence-corrected chi connectivity index (χ4v) is 3.45. The van der Waals surface area contributed by atoms with Gasteiger partial charge in [-0.05, 0) is 65.4 Å². The lowest BCUT2D eigenvalue weighted by molar-refractivity contribution is 0.0734. The van der Waals surface area contributed by atoms with E-state index in [0.717, 1.165) is 15.2 Å². The van der Waals surface area contributed by atoms with Gasteiger partial charge in [0.1, 0.15) is 5.75 Å². The second-order valence-electron chi connectivity index (χ2n) is 6.80. The summed E-state index contributed by atoms with van der Waals surface area (Å²) in [6.07, 6.45) is 1.48. The van der Waals surface area contributed by atoms with Crippen molar-refractivity contribution in [3.05, 3.63) is 111 Å². The van der Waals surface area contributed by atoms with Crippen LogP contribution in [-0.2, 0) is 0 Å². The Morgan fingerprint density at radius 3 is 2.31 bits per heavy atom. The van der Waals surface area contributed by atoms with Crippen LogP contribution in [0.2, 0.25) is 5.02 Å². The predicted octanol–water partition coefficient (Wildman–Crippen LogP) is 6.24. The van der Waals surface area contributed by atoms with Crippen LogP contribution in [0.4, 0.5) is 0 Å². The van der Waals surface area contributed by atoms with Crippen molar-refractivity contribution in [2.45, 2.75) is 0 Å². The second-order valence-corrected chi connectivity index (χ2v) is 8.15. The van der Waals surface area contributed by atoms with Gasteiger partial charge in [0.2, 0.25) is 0 Å². The van der Waals surface area contributed by atoms with Crippen molar-refractivity contribution in [1.29, 1.82) is 0 Å². The van der Waals surface area contributed by atoms with Gasteiger partial charge in [-0.1, -0.05) is 57.9 Å². The minimum absolute atomic E-state index is 0.324. The number of fused-ring (bicyclic) bond motifs is 1. The zero-order chi connectivity index (χ0) is 22.5. The number of carbonyl (C=O) groups excluding carboxylic acids is 2. The van der Waals surface area contributed by atoms with Gasteiger partial charge >= 0.3 is 5.97 Å². The number of nitrogens with zero attached hydrogens (tertiary/aromatic N) is 1. The molecule has 4 aromatic rings. The Hall–Kier alpha value is -3.48. The highest BCUT2D eigenvalue weighted by molar-refractivity contribution is 9.10. The Bertz CT molecular complexity index is 1320. The van der Waals surface area contributed by atoms with Crippen LogP contribution in [0.25, 0.3) is 10.8 Å². The van der Waals surface area contributed by atoms with Crippen molar-refractivity contribution in [1.82, 2.24) is 5.43 Å². The molecule has 0 saturated heterocycles. The molecular formula is C25H16BrClN2O3. The Morgan fingerprint density at radius 1 is 0.875 bits per heavy atom. The SMILES string of the molecule is O=C(N/N=C\c1c(OC(=O)c2ccc(Cl)cc2)ccc2ccccc12)c1ccc(Br)cc1. The van der Waals surface area contributed by atoms with Crippen molar-refractivity contribution in [2.75, 3.05) is 0 Å². The lowest BCUT2D eigenvalue weighted by atomic mass is 10.0. The molecule has 4 aromatic carbocycles. The number of amides is 1. The van der Waals surface area contributed by atoms with Crippen LogP contribution in [-0.4, -0.2) is 18.1 Å². The first-order valence-electron chi connectivity index (χ1n) is 9.60. The molecule has 0 radical (unpaired) electrons. The maximum absolute atomic E-state index is 12.6.